The molecule has 4 heteroatoms. The number of hydrogen-bond donors (Lipinski definition) is 2. The van der Waals surface area contributed by atoms with Crippen LogP contribution >= 0.6 is 0 Å². The highest BCUT2D eigenvalue weighted by atomic mass is 16.3. The van der Waals surface area contributed by atoms with Gasteiger partial charge in [0, 0.05) is 17.6 Å². The summed E-state index contributed by atoms with van der Waals surface area (Å²) in [5.41, 5.74) is 0.831. The molecule has 0 saturated carbocycles. The molecule has 0 aliphatic carbocycles. The fraction of sp³-hybridized carbons (Fsp3) is 0.500. The lowest BCUT2D eigenvalue weighted by Crippen LogP contribution is -2.39. The van der Waals surface area contributed by atoms with Crippen molar-refractivity contribution in [2.45, 2.75) is 32.9 Å². The highest BCUT2D eigenvalue weighted by Crippen LogP contribution is 2.26. The zero-order valence-electron chi connectivity index (χ0n) is 11.5. The Morgan fingerprint density at radius 2 is 1.94 bits per heavy atom. The Balaban J connectivity index is 2.64. The predicted molar refractivity (Wildman–Crippen MR) is 72.4 cm³/mol. The lowest BCUT2D eigenvalue weighted by molar-refractivity contribution is -0.122. The maximum atomic E-state index is 11.7. The molecule has 1 aromatic carbocycles. The Labute approximate surface area is 109 Å². The largest absolute Gasteiger partial charge is 0.508 e. The van der Waals surface area contributed by atoms with Crippen molar-refractivity contribution >= 4 is 5.91 Å². The number of hydrogen-bond acceptors (Lipinski definition) is 3. The minimum absolute atomic E-state index is 0.00484. The Morgan fingerprint density at radius 3 is 2.50 bits per heavy atom. The van der Waals surface area contributed by atoms with E-state index in [0.717, 1.165) is 5.56 Å². The van der Waals surface area contributed by atoms with Gasteiger partial charge in [0.2, 0.25) is 5.91 Å². The van der Waals surface area contributed by atoms with Crippen molar-refractivity contribution in [1.82, 2.24) is 10.2 Å². The summed E-state index contributed by atoms with van der Waals surface area (Å²) < 4.78 is 0. The van der Waals surface area contributed by atoms with Crippen LogP contribution in [0.25, 0.3) is 0 Å². The number of likely N-dealkylation sites (N-methyl/N-ethyl adjacent to an activating group) is 1. The fourth-order valence-electron chi connectivity index (χ4n) is 1.81. The van der Waals surface area contributed by atoms with Gasteiger partial charge in [-0.25, -0.2) is 0 Å². The first kappa shape index (κ1) is 14.5. The molecule has 0 saturated heterocycles. The van der Waals surface area contributed by atoms with Crippen LogP contribution in [0.3, 0.4) is 0 Å². The summed E-state index contributed by atoms with van der Waals surface area (Å²) in [6.45, 7) is 6.15. The second-order valence-corrected chi connectivity index (χ2v) is 4.87. The molecule has 2 N–H and O–H groups in total. The molecule has 1 amide bonds. The second kappa shape index (κ2) is 6.40. The minimum atomic E-state index is -0.0101. The zero-order valence-corrected chi connectivity index (χ0v) is 11.5. The maximum Gasteiger partial charge on any atom is 0.234 e. The van der Waals surface area contributed by atoms with Gasteiger partial charge in [0.05, 0.1) is 6.54 Å². The number of nitrogens with zero attached hydrogens (tertiary/aromatic N) is 1. The summed E-state index contributed by atoms with van der Waals surface area (Å²) in [4.78, 5) is 13.6. The van der Waals surface area contributed by atoms with Crippen LogP contribution in [0.4, 0.5) is 0 Å². The van der Waals surface area contributed by atoms with E-state index in [2.05, 4.69) is 5.32 Å². The van der Waals surface area contributed by atoms with Crippen LogP contribution in [-0.4, -0.2) is 35.5 Å². The Hall–Kier alpha value is -1.55. The summed E-state index contributed by atoms with van der Waals surface area (Å²) >= 11 is 0. The molecule has 0 heterocycles. The Morgan fingerprint density at radius 1 is 1.33 bits per heavy atom. The van der Waals surface area contributed by atoms with E-state index >= 15 is 0 Å². The summed E-state index contributed by atoms with van der Waals surface area (Å²) in [6, 6.07) is 7.34. The van der Waals surface area contributed by atoms with Gasteiger partial charge in [0.15, 0.2) is 0 Å². The number of carbonyl (C=O) groups excluding carboxylic acids is 1. The monoisotopic (exact) mass is 250 g/mol. The van der Waals surface area contributed by atoms with Gasteiger partial charge in [-0.3, -0.25) is 9.69 Å². The number of amides is 1. The molecule has 0 bridgehead atoms. The van der Waals surface area contributed by atoms with E-state index in [1.165, 1.54) is 0 Å². The molecule has 0 aliphatic heterocycles. The first-order valence-corrected chi connectivity index (χ1v) is 6.19. The van der Waals surface area contributed by atoms with Gasteiger partial charge in [-0.2, -0.15) is 0 Å². The summed E-state index contributed by atoms with van der Waals surface area (Å²) in [6.07, 6.45) is 0. The van der Waals surface area contributed by atoms with Crippen molar-refractivity contribution in [3.05, 3.63) is 29.8 Å². The number of aromatic hydroxyl groups is 1. The number of phenols is 1. The highest BCUT2D eigenvalue weighted by Gasteiger charge is 2.17. The van der Waals surface area contributed by atoms with E-state index in [0.29, 0.717) is 6.54 Å². The third-order valence-electron chi connectivity index (χ3n) is 2.89. The summed E-state index contributed by atoms with van der Waals surface area (Å²) in [7, 11) is 1.87. The number of rotatable bonds is 5. The molecule has 0 fully saturated rings. The highest BCUT2D eigenvalue weighted by molar-refractivity contribution is 5.78. The Bertz CT molecular complexity index is 405. The predicted octanol–water partition coefficient (Wildman–Crippen LogP) is 1.91. The quantitative estimate of drug-likeness (QED) is 0.839. The van der Waals surface area contributed by atoms with Gasteiger partial charge >= 0.3 is 0 Å². The summed E-state index contributed by atoms with van der Waals surface area (Å²) in [5.74, 6) is 0.260. The average Bonchev–Trinajstić information content (AvgIpc) is 2.27. The molecule has 100 valence electrons. The van der Waals surface area contributed by atoms with Crippen LogP contribution in [0.1, 0.15) is 32.4 Å². The molecule has 0 spiro atoms. The van der Waals surface area contributed by atoms with Crippen molar-refractivity contribution in [2.24, 2.45) is 0 Å². The van der Waals surface area contributed by atoms with Gasteiger partial charge in [-0.1, -0.05) is 18.2 Å². The minimum Gasteiger partial charge on any atom is -0.508 e. The average molecular weight is 250 g/mol. The number of phenolic OH excluding ortho intramolecular Hbond substituents is 1. The van der Waals surface area contributed by atoms with Gasteiger partial charge in [-0.15, -0.1) is 0 Å². The molecule has 0 radical (unpaired) electrons. The number of benzene rings is 1. The lowest BCUT2D eigenvalue weighted by Gasteiger charge is -2.25. The van der Waals surface area contributed by atoms with Crippen LogP contribution in [0, 0.1) is 0 Å². The summed E-state index contributed by atoms with van der Waals surface area (Å²) in [5, 5.41) is 12.6. The smallest absolute Gasteiger partial charge is 0.234 e. The zero-order chi connectivity index (χ0) is 13.7. The second-order valence-electron chi connectivity index (χ2n) is 4.87. The SMILES string of the molecule is CC(C)NC(=O)CN(C)C(C)c1ccccc1O. The van der Waals surface area contributed by atoms with Gasteiger partial charge < -0.3 is 10.4 Å². The number of nitrogens with one attached hydrogen (secondary N) is 1. The fourth-order valence-corrected chi connectivity index (χ4v) is 1.81. The van der Waals surface area contributed by atoms with Crippen molar-refractivity contribution in [3.63, 3.8) is 0 Å². The molecular weight excluding hydrogens is 228 g/mol. The number of para-hydroxylation sites is 1. The third kappa shape index (κ3) is 4.04. The van der Waals surface area contributed by atoms with E-state index < -0.39 is 0 Å². The van der Waals surface area contributed by atoms with Crippen molar-refractivity contribution in [1.29, 1.82) is 0 Å². The van der Waals surface area contributed by atoms with E-state index in [1.54, 1.807) is 12.1 Å². The standard InChI is InChI=1S/C14H22N2O2/c1-10(2)15-14(18)9-16(4)11(3)12-7-5-6-8-13(12)17/h5-8,10-11,17H,9H2,1-4H3,(H,15,18). The van der Waals surface area contributed by atoms with Crippen molar-refractivity contribution in [3.8, 4) is 5.75 Å². The van der Waals surface area contributed by atoms with Crippen LogP contribution in [0.2, 0.25) is 0 Å². The van der Waals surface area contributed by atoms with Crippen LogP contribution in [0.15, 0.2) is 24.3 Å². The normalized spacial score (nSPS) is 12.8. The Kier molecular flexibility index (Phi) is 5.16. The van der Waals surface area contributed by atoms with E-state index in [1.807, 2.05) is 44.9 Å². The van der Waals surface area contributed by atoms with Crippen LogP contribution < -0.4 is 5.32 Å². The molecule has 4 nitrogen and oxygen atoms in total. The topological polar surface area (TPSA) is 52.6 Å². The molecule has 1 aromatic rings. The van der Waals surface area contributed by atoms with E-state index in [-0.39, 0.29) is 23.7 Å². The molecule has 1 rings (SSSR count). The molecule has 0 aromatic heterocycles. The molecule has 1 unspecified atom stereocenters. The molecule has 18 heavy (non-hydrogen) atoms. The van der Waals surface area contributed by atoms with E-state index in [4.69, 9.17) is 0 Å². The van der Waals surface area contributed by atoms with Gasteiger partial charge in [-0.05, 0) is 33.9 Å². The van der Waals surface area contributed by atoms with Crippen LogP contribution in [0.5, 0.6) is 5.75 Å². The van der Waals surface area contributed by atoms with Gasteiger partial charge in [0.25, 0.3) is 0 Å². The third-order valence-corrected chi connectivity index (χ3v) is 2.89. The molecule has 1 atom stereocenters. The van der Waals surface area contributed by atoms with E-state index in [9.17, 15) is 9.90 Å². The molecular formula is C14H22N2O2. The molecule has 0 aliphatic rings. The van der Waals surface area contributed by atoms with Crippen molar-refractivity contribution in [2.75, 3.05) is 13.6 Å². The lowest BCUT2D eigenvalue weighted by atomic mass is 10.1. The first-order chi connectivity index (χ1) is 8.41. The van der Waals surface area contributed by atoms with Crippen LogP contribution in [-0.2, 0) is 4.79 Å². The number of carbonyl (C=O) groups is 1. The van der Waals surface area contributed by atoms with Crippen molar-refractivity contribution < 1.29 is 9.90 Å². The maximum absolute atomic E-state index is 11.7. The van der Waals surface area contributed by atoms with Gasteiger partial charge in [0.1, 0.15) is 5.75 Å². The first-order valence-electron chi connectivity index (χ1n) is 6.19.